The van der Waals surface area contributed by atoms with Crippen molar-refractivity contribution in [2.24, 2.45) is 0 Å². The smallest absolute Gasteiger partial charge is 0.420 e. The molecule has 1 rings (SSSR count). The van der Waals surface area contributed by atoms with Gasteiger partial charge in [0.15, 0.2) is 11.6 Å². The molecule has 0 unspecified atom stereocenters. The molecule has 6 heteroatoms. The Labute approximate surface area is 92.2 Å². The largest absolute Gasteiger partial charge is 0.491 e. The third kappa shape index (κ3) is 2.62. The Morgan fingerprint density at radius 1 is 1.33 bits per heavy atom. The van der Waals surface area contributed by atoms with E-state index >= 15 is 0 Å². The highest BCUT2D eigenvalue weighted by Crippen LogP contribution is 2.39. The molecule has 0 aliphatic heterocycles. The quantitative estimate of drug-likeness (QED) is 0.747. The van der Waals surface area contributed by atoms with Gasteiger partial charge >= 0.3 is 6.18 Å². The van der Waals surface area contributed by atoms with Crippen LogP contribution >= 0.6 is 15.9 Å². The summed E-state index contributed by atoms with van der Waals surface area (Å²) >= 11 is 2.65. The topological polar surface area (TPSA) is 9.23 Å². The molecule has 1 nitrogen and oxygen atoms in total. The Balaban J connectivity index is 3.30. The van der Waals surface area contributed by atoms with Crippen molar-refractivity contribution in [3.63, 3.8) is 0 Å². The number of ether oxygens (including phenoxy) is 1. The van der Waals surface area contributed by atoms with E-state index in [4.69, 9.17) is 4.74 Å². The van der Waals surface area contributed by atoms with E-state index in [2.05, 4.69) is 15.9 Å². The van der Waals surface area contributed by atoms with Crippen LogP contribution in [0.1, 0.15) is 12.5 Å². The van der Waals surface area contributed by atoms with E-state index in [0.717, 1.165) is 12.1 Å². The lowest BCUT2D eigenvalue weighted by molar-refractivity contribution is -0.140. The summed E-state index contributed by atoms with van der Waals surface area (Å²) in [5.41, 5.74) is -1.34. The molecule has 0 atom stereocenters. The minimum atomic E-state index is -4.74. The van der Waals surface area contributed by atoms with Crippen molar-refractivity contribution in [3.05, 3.63) is 28.0 Å². The first-order valence-electron chi connectivity index (χ1n) is 4.06. The standard InChI is InChI=1S/C9H7BrF4O/c1-2-15-6-4-3-5(10)7(8(6)11)9(12,13)14/h3-4H,2H2,1H3. The fourth-order valence-electron chi connectivity index (χ4n) is 1.06. The molecule has 0 fully saturated rings. The van der Waals surface area contributed by atoms with Crippen LogP contribution in [0.2, 0.25) is 0 Å². The highest BCUT2D eigenvalue weighted by molar-refractivity contribution is 9.10. The van der Waals surface area contributed by atoms with E-state index in [0.29, 0.717) is 0 Å². The number of hydrogen-bond acceptors (Lipinski definition) is 1. The van der Waals surface area contributed by atoms with Crippen molar-refractivity contribution in [1.82, 2.24) is 0 Å². The van der Waals surface area contributed by atoms with Crippen molar-refractivity contribution in [2.75, 3.05) is 6.61 Å². The maximum absolute atomic E-state index is 13.3. The molecular formula is C9H7BrF4O. The van der Waals surface area contributed by atoms with E-state index in [1.165, 1.54) is 0 Å². The summed E-state index contributed by atoms with van der Waals surface area (Å²) in [4.78, 5) is 0. The monoisotopic (exact) mass is 286 g/mol. The van der Waals surface area contributed by atoms with Crippen LogP contribution in [0.5, 0.6) is 5.75 Å². The molecule has 0 bridgehead atoms. The maximum atomic E-state index is 13.3. The average Bonchev–Trinajstić information content (AvgIpc) is 2.08. The number of rotatable bonds is 2. The summed E-state index contributed by atoms with van der Waals surface area (Å²) in [7, 11) is 0. The second kappa shape index (κ2) is 4.38. The molecule has 0 aliphatic rings. The van der Waals surface area contributed by atoms with E-state index in [9.17, 15) is 17.6 Å². The van der Waals surface area contributed by atoms with Crippen molar-refractivity contribution in [3.8, 4) is 5.75 Å². The molecule has 0 saturated heterocycles. The van der Waals surface area contributed by atoms with Gasteiger partial charge in [-0.3, -0.25) is 0 Å². The van der Waals surface area contributed by atoms with Crippen LogP contribution in [0.4, 0.5) is 17.6 Å². The molecule has 1 aromatic carbocycles. The van der Waals surface area contributed by atoms with Crippen LogP contribution in [0.3, 0.4) is 0 Å². The highest BCUT2D eigenvalue weighted by Gasteiger charge is 2.37. The van der Waals surface area contributed by atoms with Gasteiger partial charge in [-0.1, -0.05) is 15.9 Å². The lowest BCUT2D eigenvalue weighted by Crippen LogP contribution is -2.10. The van der Waals surface area contributed by atoms with Crippen molar-refractivity contribution in [1.29, 1.82) is 0 Å². The van der Waals surface area contributed by atoms with Crippen LogP contribution < -0.4 is 4.74 Å². The van der Waals surface area contributed by atoms with Crippen molar-refractivity contribution in [2.45, 2.75) is 13.1 Å². The summed E-state index contributed by atoms with van der Waals surface area (Å²) in [5, 5.41) is 0. The van der Waals surface area contributed by atoms with Gasteiger partial charge in [0.2, 0.25) is 0 Å². The molecule has 1 aromatic rings. The van der Waals surface area contributed by atoms with Gasteiger partial charge in [-0.15, -0.1) is 0 Å². The van der Waals surface area contributed by atoms with E-state index in [-0.39, 0.29) is 11.1 Å². The molecular weight excluding hydrogens is 280 g/mol. The van der Waals surface area contributed by atoms with E-state index in [1.807, 2.05) is 0 Å². The molecule has 0 radical (unpaired) electrons. The Kier molecular flexibility index (Phi) is 3.59. The Morgan fingerprint density at radius 2 is 1.93 bits per heavy atom. The number of halogens is 5. The summed E-state index contributed by atoms with van der Waals surface area (Å²) < 4.78 is 54.9. The van der Waals surface area contributed by atoms with Crippen LogP contribution in [-0.2, 0) is 6.18 Å². The summed E-state index contributed by atoms with van der Waals surface area (Å²) in [5.74, 6) is -1.79. The second-order valence-electron chi connectivity index (χ2n) is 2.67. The summed E-state index contributed by atoms with van der Waals surface area (Å²) in [6.07, 6.45) is -4.74. The molecule has 84 valence electrons. The first-order chi connectivity index (χ1) is 6.88. The first-order valence-corrected chi connectivity index (χ1v) is 4.85. The maximum Gasteiger partial charge on any atom is 0.420 e. The third-order valence-electron chi connectivity index (χ3n) is 1.64. The van der Waals surface area contributed by atoms with Gasteiger partial charge in [0.1, 0.15) is 5.56 Å². The van der Waals surface area contributed by atoms with Crippen LogP contribution in [0.15, 0.2) is 16.6 Å². The highest BCUT2D eigenvalue weighted by atomic mass is 79.9. The van der Waals surface area contributed by atoms with Gasteiger partial charge in [0, 0.05) is 4.47 Å². The lowest BCUT2D eigenvalue weighted by Gasteiger charge is -2.13. The molecule has 0 amide bonds. The van der Waals surface area contributed by atoms with Crippen LogP contribution in [-0.4, -0.2) is 6.61 Å². The molecule has 0 N–H and O–H groups in total. The second-order valence-corrected chi connectivity index (χ2v) is 3.52. The van der Waals surface area contributed by atoms with Gasteiger partial charge in [-0.25, -0.2) is 4.39 Å². The number of hydrogen-bond donors (Lipinski definition) is 0. The zero-order valence-electron chi connectivity index (χ0n) is 7.66. The minimum absolute atomic E-state index is 0.107. The predicted octanol–water partition coefficient (Wildman–Crippen LogP) is 4.01. The fraction of sp³-hybridized carbons (Fsp3) is 0.333. The average molecular weight is 287 g/mol. The van der Waals surface area contributed by atoms with Crippen molar-refractivity contribution >= 4 is 15.9 Å². The predicted molar refractivity (Wildman–Crippen MR) is 50.3 cm³/mol. The first kappa shape index (κ1) is 12.3. The molecule has 15 heavy (non-hydrogen) atoms. The summed E-state index contributed by atoms with van der Waals surface area (Å²) in [6, 6.07) is 2.26. The van der Waals surface area contributed by atoms with E-state index < -0.39 is 23.3 Å². The number of benzene rings is 1. The van der Waals surface area contributed by atoms with Crippen LogP contribution in [0, 0.1) is 5.82 Å². The lowest BCUT2D eigenvalue weighted by atomic mass is 10.2. The van der Waals surface area contributed by atoms with Gasteiger partial charge in [0.25, 0.3) is 0 Å². The minimum Gasteiger partial charge on any atom is -0.491 e. The van der Waals surface area contributed by atoms with Gasteiger partial charge in [-0.05, 0) is 19.1 Å². The molecule has 0 spiro atoms. The van der Waals surface area contributed by atoms with Crippen LogP contribution in [0.25, 0.3) is 0 Å². The van der Waals surface area contributed by atoms with Gasteiger partial charge < -0.3 is 4.74 Å². The normalized spacial score (nSPS) is 11.6. The van der Waals surface area contributed by atoms with E-state index in [1.54, 1.807) is 6.92 Å². The Morgan fingerprint density at radius 3 is 2.40 bits per heavy atom. The molecule has 0 heterocycles. The fourth-order valence-corrected chi connectivity index (χ4v) is 1.59. The van der Waals surface area contributed by atoms with Gasteiger partial charge in [-0.2, -0.15) is 13.2 Å². The SMILES string of the molecule is CCOc1ccc(Br)c(C(F)(F)F)c1F. The Hall–Kier alpha value is -0.780. The molecule has 0 aliphatic carbocycles. The van der Waals surface area contributed by atoms with Crippen molar-refractivity contribution < 1.29 is 22.3 Å². The Bertz CT molecular complexity index is 362. The molecule has 0 aromatic heterocycles. The third-order valence-corrected chi connectivity index (χ3v) is 2.30. The zero-order chi connectivity index (χ0) is 11.6. The number of alkyl halides is 3. The summed E-state index contributed by atoms with van der Waals surface area (Å²) in [6.45, 7) is 1.67. The molecule has 0 saturated carbocycles. The van der Waals surface area contributed by atoms with Gasteiger partial charge in [0.05, 0.1) is 6.61 Å². The zero-order valence-corrected chi connectivity index (χ0v) is 9.25.